The number of nitrogens with one attached hydrogen (secondary N) is 1. The summed E-state index contributed by atoms with van der Waals surface area (Å²) in [6.45, 7) is 7.23. The minimum absolute atomic E-state index is 0.164. The standard InChI is InChI=1S/C22H31N3O3/c1-6-16(3)28-20-11-15(2)7-9-18(20)14-25-22(23)24-13-17-8-10-19(26-4)21(12-17)27-5/h7-12,16H,6,13-14H2,1-5H3,(H3,23,24,25). The molecule has 0 saturated heterocycles. The van der Waals surface area contributed by atoms with Crippen molar-refractivity contribution in [3.05, 3.63) is 53.1 Å². The van der Waals surface area contributed by atoms with Crippen LogP contribution < -0.4 is 25.3 Å². The van der Waals surface area contributed by atoms with Crippen molar-refractivity contribution in [1.29, 1.82) is 0 Å². The zero-order valence-corrected chi connectivity index (χ0v) is 17.4. The van der Waals surface area contributed by atoms with Crippen LogP contribution in [0.25, 0.3) is 0 Å². The SMILES string of the molecule is CCC(C)Oc1cc(C)ccc1CNC(N)=NCc1ccc(OC)c(OC)c1. The molecule has 1 atom stereocenters. The van der Waals surface area contributed by atoms with E-state index in [1.807, 2.05) is 18.2 Å². The first-order valence-electron chi connectivity index (χ1n) is 9.47. The summed E-state index contributed by atoms with van der Waals surface area (Å²) in [6.07, 6.45) is 1.12. The van der Waals surface area contributed by atoms with Crippen LogP contribution in [0.1, 0.15) is 37.0 Å². The Balaban J connectivity index is 2.01. The number of aliphatic imine (C=N–C) groups is 1. The molecule has 0 heterocycles. The Hall–Kier alpha value is -2.89. The molecule has 0 aliphatic heterocycles. The Morgan fingerprint density at radius 2 is 1.82 bits per heavy atom. The molecule has 28 heavy (non-hydrogen) atoms. The van der Waals surface area contributed by atoms with Crippen LogP contribution in [0, 0.1) is 6.92 Å². The van der Waals surface area contributed by atoms with Gasteiger partial charge in [-0.05, 0) is 49.6 Å². The van der Waals surface area contributed by atoms with Crippen LogP contribution in [-0.4, -0.2) is 26.3 Å². The highest BCUT2D eigenvalue weighted by Crippen LogP contribution is 2.27. The first-order chi connectivity index (χ1) is 13.5. The van der Waals surface area contributed by atoms with Crippen LogP contribution in [-0.2, 0) is 13.1 Å². The predicted octanol–water partition coefficient (Wildman–Crippen LogP) is 3.79. The maximum atomic E-state index is 6.05. The van der Waals surface area contributed by atoms with Crippen molar-refractivity contribution in [2.45, 2.75) is 46.4 Å². The molecule has 2 aromatic rings. The summed E-state index contributed by atoms with van der Waals surface area (Å²) in [5.74, 6) is 2.63. The van der Waals surface area contributed by atoms with Crippen LogP contribution in [0.3, 0.4) is 0 Å². The molecule has 1 unspecified atom stereocenters. The molecule has 0 fully saturated rings. The fraction of sp³-hybridized carbons (Fsp3) is 0.409. The monoisotopic (exact) mass is 385 g/mol. The first-order valence-corrected chi connectivity index (χ1v) is 9.47. The van der Waals surface area contributed by atoms with E-state index in [9.17, 15) is 0 Å². The van der Waals surface area contributed by atoms with E-state index < -0.39 is 0 Å². The van der Waals surface area contributed by atoms with E-state index >= 15 is 0 Å². The van der Waals surface area contributed by atoms with Gasteiger partial charge in [0.05, 0.1) is 26.9 Å². The second-order valence-electron chi connectivity index (χ2n) is 6.69. The Morgan fingerprint density at radius 1 is 1.07 bits per heavy atom. The van der Waals surface area contributed by atoms with Crippen LogP contribution >= 0.6 is 0 Å². The van der Waals surface area contributed by atoms with Crippen molar-refractivity contribution in [2.24, 2.45) is 10.7 Å². The number of aryl methyl sites for hydroxylation is 1. The van der Waals surface area contributed by atoms with Crippen molar-refractivity contribution in [2.75, 3.05) is 14.2 Å². The van der Waals surface area contributed by atoms with Gasteiger partial charge in [-0.2, -0.15) is 0 Å². The van der Waals surface area contributed by atoms with Gasteiger partial charge < -0.3 is 25.3 Å². The van der Waals surface area contributed by atoms with Gasteiger partial charge in [-0.15, -0.1) is 0 Å². The third-order valence-electron chi connectivity index (χ3n) is 4.47. The summed E-state index contributed by atoms with van der Waals surface area (Å²) >= 11 is 0. The summed E-state index contributed by atoms with van der Waals surface area (Å²) in [6, 6.07) is 11.9. The fourth-order valence-electron chi connectivity index (χ4n) is 2.61. The van der Waals surface area contributed by atoms with E-state index in [4.69, 9.17) is 19.9 Å². The maximum Gasteiger partial charge on any atom is 0.189 e. The molecule has 0 amide bonds. The molecule has 2 rings (SSSR count). The van der Waals surface area contributed by atoms with Gasteiger partial charge in [0, 0.05) is 12.1 Å². The molecular weight excluding hydrogens is 354 g/mol. The molecule has 3 N–H and O–H groups in total. The predicted molar refractivity (Wildman–Crippen MR) is 113 cm³/mol. The molecule has 152 valence electrons. The van der Waals surface area contributed by atoms with Gasteiger partial charge >= 0.3 is 0 Å². The second-order valence-corrected chi connectivity index (χ2v) is 6.69. The van der Waals surface area contributed by atoms with Gasteiger partial charge in [0.15, 0.2) is 17.5 Å². The average Bonchev–Trinajstić information content (AvgIpc) is 2.71. The van der Waals surface area contributed by atoms with E-state index in [1.54, 1.807) is 14.2 Å². The van der Waals surface area contributed by atoms with Crippen LogP contribution in [0.15, 0.2) is 41.4 Å². The summed E-state index contributed by atoms with van der Waals surface area (Å²) in [7, 11) is 3.23. The summed E-state index contributed by atoms with van der Waals surface area (Å²) in [5.41, 5.74) is 9.25. The topological polar surface area (TPSA) is 78.1 Å². The summed E-state index contributed by atoms with van der Waals surface area (Å²) in [4.78, 5) is 4.41. The Morgan fingerprint density at radius 3 is 2.50 bits per heavy atom. The largest absolute Gasteiger partial charge is 0.493 e. The van der Waals surface area contributed by atoms with Gasteiger partial charge in [-0.25, -0.2) is 4.99 Å². The average molecular weight is 386 g/mol. The molecule has 0 bridgehead atoms. The molecule has 0 aliphatic rings. The third kappa shape index (κ3) is 6.08. The van der Waals surface area contributed by atoms with Crippen molar-refractivity contribution in [3.8, 4) is 17.2 Å². The number of hydrogen-bond donors (Lipinski definition) is 2. The lowest BCUT2D eigenvalue weighted by Crippen LogP contribution is -2.31. The number of benzene rings is 2. The molecule has 0 radical (unpaired) electrons. The normalized spacial score (nSPS) is 12.4. The maximum absolute atomic E-state index is 6.05. The zero-order chi connectivity index (χ0) is 20.5. The molecule has 0 aliphatic carbocycles. The molecule has 6 heteroatoms. The number of ether oxygens (including phenoxy) is 3. The van der Waals surface area contributed by atoms with E-state index in [-0.39, 0.29) is 6.10 Å². The summed E-state index contributed by atoms with van der Waals surface area (Å²) < 4.78 is 16.6. The lowest BCUT2D eigenvalue weighted by Gasteiger charge is -2.17. The van der Waals surface area contributed by atoms with E-state index in [0.717, 1.165) is 28.9 Å². The van der Waals surface area contributed by atoms with E-state index in [0.29, 0.717) is 30.5 Å². The fourth-order valence-corrected chi connectivity index (χ4v) is 2.61. The Kier molecular flexibility index (Phi) is 7.99. The number of nitrogens with two attached hydrogens (primary N) is 1. The van der Waals surface area contributed by atoms with Crippen molar-refractivity contribution >= 4 is 5.96 Å². The molecule has 2 aromatic carbocycles. The van der Waals surface area contributed by atoms with Gasteiger partial charge in [0.25, 0.3) is 0 Å². The minimum Gasteiger partial charge on any atom is -0.493 e. The number of hydrogen-bond acceptors (Lipinski definition) is 4. The van der Waals surface area contributed by atoms with Crippen molar-refractivity contribution < 1.29 is 14.2 Å². The highest BCUT2D eigenvalue weighted by Gasteiger charge is 2.08. The number of methoxy groups -OCH3 is 2. The lowest BCUT2D eigenvalue weighted by atomic mass is 10.1. The van der Waals surface area contributed by atoms with Gasteiger partial charge in [0.1, 0.15) is 5.75 Å². The molecule has 6 nitrogen and oxygen atoms in total. The van der Waals surface area contributed by atoms with E-state index in [2.05, 4.69) is 49.3 Å². The third-order valence-corrected chi connectivity index (χ3v) is 4.47. The highest BCUT2D eigenvalue weighted by molar-refractivity contribution is 5.77. The first kappa shape index (κ1) is 21.4. The van der Waals surface area contributed by atoms with Crippen molar-refractivity contribution in [3.63, 3.8) is 0 Å². The van der Waals surface area contributed by atoms with Gasteiger partial charge in [-0.1, -0.05) is 25.1 Å². The Labute approximate surface area is 167 Å². The van der Waals surface area contributed by atoms with Gasteiger partial charge in [-0.3, -0.25) is 0 Å². The number of guanidine groups is 1. The Bertz CT molecular complexity index is 806. The minimum atomic E-state index is 0.164. The molecule has 0 spiro atoms. The van der Waals surface area contributed by atoms with Gasteiger partial charge in [0.2, 0.25) is 0 Å². The smallest absolute Gasteiger partial charge is 0.189 e. The summed E-state index contributed by atoms with van der Waals surface area (Å²) in [5, 5.41) is 3.16. The zero-order valence-electron chi connectivity index (χ0n) is 17.4. The molecular formula is C22H31N3O3. The number of nitrogens with zero attached hydrogens (tertiary/aromatic N) is 1. The highest BCUT2D eigenvalue weighted by atomic mass is 16.5. The van der Waals surface area contributed by atoms with Crippen LogP contribution in [0.4, 0.5) is 0 Å². The van der Waals surface area contributed by atoms with Crippen LogP contribution in [0.2, 0.25) is 0 Å². The lowest BCUT2D eigenvalue weighted by molar-refractivity contribution is 0.215. The second kappa shape index (κ2) is 10.4. The number of rotatable bonds is 9. The van der Waals surface area contributed by atoms with Crippen molar-refractivity contribution in [1.82, 2.24) is 5.32 Å². The van der Waals surface area contributed by atoms with Crippen LogP contribution in [0.5, 0.6) is 17.2 Å². The molecule has 0 aromatic heterocycles. The quantitative estimate of drug-likeness (QED) is 0.507. The molecule has 0 saturated carbocycles. The van der Waals surface area contributed by atoms with E-state index in [1.165, 1.54) is 0 Å².